The molecule has 0 aliphatic carbocycles. The van der Waals surface area contributed by atoms with Gasteiger partial charge in [0.1, 0.15) is 0 Å². The van der Waals surface area contributed by atoms with E-state index in [4.69, 9.17) is 0 Å². The average molecular weight is 456 g/mol. The van der Waals surface area contributed by atoms with Crippen molar-refractivity contribution in [2.45, 2.75) is 0 Å². The fourth-order valence-electron chi connectivity index (χ4n) is 0.551. The molecule has 0 bridgehead atoms. The second-order valence-corrected chi connectivity index (χ2v) is 5.77. The summed E-state index contributed by atoms with van der Waals surface area (Å²) in [5, 5.41) is 0. The van der Waals surface area contributed by atoms with Crippen LogP contribution in [0, 0.1) is 0 Å². The molecule has 0 saturated heterocycles. The molecule has 1 aromatic carbocycles. The maximum atomic E-state index is 9.75. The SMILES string of the molecule is F[B-](F)(F)F.F[B-](F)(F)F.F[B-](F)(F)F.[K][c]1ccccc1Br. The van der Waals surface area contributed by atoms with Crippen LogP contribution in [0.2, 0.25) is 0 Å². The first-order valence-corrected chi connectivity index (χ1v) is 7.49. The van der Waals surface area contributed by atoms with E-state index in [1.165, 1.54) is 4.13 Å². The molecule has 132 valence electrons. The summed E-state index contributed by atoms with van der Waals surface area (Å²) in [5.74, 6) is 0. The first kappa shape index (κ1) is 28.5. The van der Waals surface area contributed by atoms with E-state index < -0.39 is 21.8 Å². The third kappa shape index (κ3) is 71.1. The van der Waals surface area contributed by atoms with Crippen molar-refractivity contribution >= 4 is 86.3 Å². The molecular formula is C6H4B3BrF12K-3. The Morgan fingerprint density at radius 3 is 0.957 bits per heavy atom. The first-order chi connectivity index (χ1) is 9.80. The molecule has 1 rings (SSSR count). The molecule has 0 radical (unpaired) electrons. The van der Waals surface area contributed by atoms with Gasteiger partial charge < -0.3 is 51.8 Å². The number of halogens is 13. The van der Waals surface area contributed by atoms with Crippen molar-refractivity contribution in [1.82, 2.24) is 0 Å². The van der Waals surface area contributed by atoms with Crippen molar-refractivity contribution in [2.75, 3.05) is 0 Å². The van der Waals surface area contributed by atoms with Crippen molar-refractivity contribution in [2.24, 2.45) is 0 Å². The molecule has 0 aliphatic rings. The number of hydrogen-bond donors (Lipinski definition) is 0. The summed E-state index contributed by atoms with van der Waals surface area (Å²) in [4.78, 5) is 0. The van der Waals surface area contributed by atoms with Gasteiger partial charge in [-0.15, -0.1) is 0 Å². The zero-order valence-corrected chi connectivity index (χ0v) is 15.7. The maximum absolute atomic E-state index is 9.75. The fraction of sp³-hybridized carbons (Fsp3) is 0. The standard InChI is InChI=1S/C6H4Br.3BF4.K/c7-6-4-2-1-3-5-6;3*2-1(3,4)5;/h1-4H;;;;/q;3*-1;. The Morgan fingerprint density at radius 2 is 0.826 bits per heavy atom. The van der Waals surface area contributed by atoms with Gasteiger partial charge in [-0.25, -0.2) is 0 Å². The van der Waals surface area contributed by atoms with Crippen molar-refractivity contribution in [3.05, 3.63) is 28.7 Å². The summed E-state index contributed by atoms with van der Waals surface area (Å²) in [6.45, 7) is 0. The summed E-state index contributed by atoms with van der Waals surface area (Å²) in [7, 11) is -18.0. The molecule has 0 saturated carbocycles. The van der Waals surface area contributed by atoms with Crippen molar-refractivity contribution in [3.8, 4) is 0 Å². The molecule has 17 heteroatoms. The Balaban J connectivity index is -0.000000240. The van der Waals surface area contributed by atoms with Crippen molar-refractivity contribution in [3.63, 3.8) is 0 Å². The molecule has 0 atom stereocenters. The van der Waals surface area contributed by atoms with Gasteiger partial charge in [-0.1, -0.05) is 0 Å². The molecule has 1 aromatic rings. The van der Waals surface area contributed by atoms with Crippen LogP contribution in [0.1, 0.15) is 0 Å². The van der Waals surface area contributed by atoms with Gasteiger partial charge in [0, 0.05) is 0 Å². The summed E-state index contributed by atoms with van der Waals surface area (Å²) in [6.07, 6.45) is 0. The van der Waals surface area contributed by atoms with Gasteiger partial charge in [0.15, 0.2) is 0 Å². The third-order valence-electron chi connectivity index (χ3n) is 1.08. The number of hydrogen-bond acceptors (Lipinski definition) is 0. The van der Waals surface area contributed by atoms with Crippen LogP contribution >= 0.6 is 15.9 Å². The monoisotopic (exact) mass is 455 g/mol. The normalized spacial score (nSPS) is 11.1. The first-order valence-electron chi connectivity index (χ1n) is 5.13. The summed E-state index contributed by atoms with van der Waals surface area (Å²) < 4.78 is 120. The van der Waals surface area contributed by atoms with Crippen LogP contribution in [0.4, 0.5) is 51.8 Å². The predicted molar refractivity (Wildman–Crippen MR) is 70.1 cm³/mol. The zero-order chi connectivity index (χ0) is 19.5. The van der Waals surface area contributed by atoms with Crippen LogP contribution in [0.15, 0.2) is 28.7 Å². The minimum atomic E-state index is -6.00. The van der Waals surface area contributed by atoms with E-state index in [-0.39, 0.29) is 0 Å². The minimum absolute atomic E-state index is 0.799. The van der Waals surface area contributed by atoms with Gasteiger partial charge in [0.2, 0.25) is 0 Å². The van der Waals surface area contributed by atoms with E-state index in [1.807, 2.05) is 6.07 Å². The molecule has 23 heavy (non-hydrogen) atoms. The van der Waals surface area contributed by atoms with Gasteiger partial charge in [0.25, 0.3) is 0 Å². The Labute approximate surface area is 165 Å². The second kappa shape index (κ2) is 13.0. The topological polar surface area (TPSA) is 0 Å². The molecule has 0 N–H and O–H groups in total. The van der Waals surface area contributed by atoms with E-state index >= 15 is 0 Å². The Morgan fingerprint density at radius 1 is 0.609 bits per heavy atom. The molecule has 0 spiro atoms. The van der Waals surface area contributed by atoms with Crippen LogP contribution in [0.3, 0.4) is 0 Å². The quantitative estimate of drug-likeness (QED) is 0.375. The third-order valence-corrected chi connectivity index (χ3v) is 4.47. The van der Waals surface area contributed by atoms with Gasteiger partial charge >= 0.3 is 115 Å². The van der Waals surface area contributed by atoms with Gasteiger partial charge in [-0.05, 0) is 0 Å². The summed E-state index contributed by atoms with van der Waals surface area (Å²) >= 11 is 4.24. The van der Waals surface area contributed by atoms with Crippen LogP contribution in [-0.2, 0) is 0 Å². The average Bonchev–Trinajstić information content (AvgIpc) is 2.14. The van der Waals surface area contributed by atoms with E-state index in [2.05, 4.69) is 34.1 Å². The molecule has 0 fully saturated rings. The zero-order valence-electron chi connectivity index (χ0n) is 11.0. The van der Waals surface area contributed by atoms with Crippen LogP contribution < -0.4 is -0.342 Å². The molecule has 0 aliphatic heterocycles. The molecule has 0 nitrogen and oxygen atoms in total. The van der Waals surface area contributed by atoms with E-state index in [0.717, 1.165) is 49.0 Å². The van der Waals surface area contributed by atoms with E-state index in [1.54, 1.807) is 0 Å². The van der Waals surface area contributed by atoms with Crippen LogP contribution in [-0.4, -0.2) is 70.7 Å². The van der Waals surface area contributed by atoms with Gasteiger partial charge in [-0.3, -0.25) is 0 Å². The summed E-state index contributed by atoms with van der Waals surface area (Å²) in [6, 6.07) is 8.36. The second-order valence-electron chi connectivity index (χ2n) is 3.23. The molecular weight excluding hydrogens is 451 g/mol. The van der Waals surface area contributed by atoms with E-state index in [0.29, 0.717) is 0 Å². The molecule has 0 heterocycles. The summed E-state index contributed by atoms with van der Waals surface area (Å²) in [5.41, 5.74) is 0. The van der Waals surface area contributed by atoms with E-state index in [9.17, 15) is 51.8 Å². The predicted octanol–water partition coefficient (Wildman–Crippen LogP) is 5.14. The molecule has 0 aromatic heterocycles. The van der Waals surface area contributed by atoms with Crippen LogP contribution in [0.25, 0.3) is 0 Å². The molecule has 0 unspecified atom stereocenters. The Kier molecular flexibility index (Phi) is 16.1. The Hall–Kier alpha value is 0.691. The fourth-order valence-corrected chi connectivity index (χ4v) is 1.40. The molecule has 0 amide bonds. The van der Waals surface area contributed by atoms with Gasteiger partial charge in [-0.2, -0.15) is 0 Å². The van der Waals surface area contributed by atoms with Crippen LogP contribution in [0.5, 0.6) is 0 Å². The van der Waals surface area contributed by atoms with Crippen molar-refractivity contribution < 1.29 is 51.8 Å². The van der Waals surface area contributed by atoms with Gasteiger partial charge in [0.05, 0.1) is 0 Å². The number of benzene rings is 1. The number of rotatable bonds is 0. The van der Waals surface area contributed by atoms with Crippen molar-refractivity contribution in [1.29, 1.82) is 0 Å². The Bertz CT molecular complexity index is 351.